The Kier molecular flexibility index (Phi) is 6.22. The number of nitrogens with one attached hydrogen (secondary N) is 1. The van der Waals surface area contributed by atoms with Crippen LogP contribution in [0.3, 0.4) is 0 Å². The highest BCUT2D eigenvalue weighted by atomic mass is 79.9. The molecule has 0 unspecified atom stereocenters. The summed E-state index contributed by atoms with van der Waals surface area (Å²) in [6.07, 6.45) is 0. The van der Waals surface area contributed by atoms with Gasteiger partial charge in [0.25, 0.3) is 5.91 Å². The van der Waals surface area contributed by atoms with Crippen LogP contribution in [0.5, 0.6) is 0 Å². The Morgan fingerprint density at radius 2 is 1.52 bits per heavy atom. The molecule has 27 heavy (non-hydrogen) atoms. The van der Waals surface area contributed by atoms with Gasteiger partial charge in [-0.2, -0.15) is 0 Å². The second-order valence-corrected chi connectivity index (χ2v) is 7.74. The summed E-state index contributed by atoms with van der Waals surface area (Å²) < 4.78 is 0.695. The van der Waals surface area contributed by atoms with Crippen molar-refractivity contribution in [1.29, 1.82) is 0 Å². The zero-order chi connectivity index (χ0) is 19.6. The second-order valence-electron chi connectivity index (χ2n) is 5.58. The molecule has 0 aliphatic heterocycles. The SMILES string of the molecule is O=C(Nc1ccc(Br)cc1C(=O)c1ccccc1Cl)c1ccc(Cl)cc1Cl. The van der Waals surface area contributed by atoms with Crippen molar-refractivity contribution < 1.29 is 9.59 Å². The lowest BCUT2D eigenvalue weighted by Gasteiger charge is -2.13. The number of hydrogen-bond acceptors (Lipinski definition) is 2. The molecule has 0 fully saturated rings. The number of carbonyl (C=O) groups is 2. The largest absolute Gasteiger partial charge is 0.321 e. The van der Waals surface area contributed by atoms with Crippen LogP contribution in [0.2, 0.25) is 15.1 Å². The van der Waals surface area contributed by atoms with Crippen LogP contribution in [0.4, 0.5) is 5.69 Å². The average molecular weight is 484 g/mol. The number of carbonyl (C=O) groups excluding carboxylic acids is 2. The van der Waals surface area contributed by atoms with Gasteiger partial charge in [-0.1, -0.05) is 62.9 Å². The van der Waals surface area contributed by atoms with Crippen LogP contribution in [0.15, 0.2) is 65.1 Å². The molecule has 0 radical (unpaired) electrons. The van der Waals surface area contributed by atoms with Gasteiger partial charge in [-0.3, -0.25) is 9.59 Å². The second kappa shape index (κ2) is 8.44. The van der Waals surface area contributed by atoms with Crippen molar-refractivity contribution >= 4 is 68.1 Å². The smallest absolute Gasteiger partial charge is 0.257 e. The Morgan fingerprint density at radius 1 is 0.778 bits per heavy atom. The van der Waals surface area contributed by atoms with E-state index in [1.807, 2.05) is 0 Å². The van der Waals surface area contributed by atoms with Crippen LogP contribution in [0, 0.1) is 0 Å². The third-order valence-electron chi connectivity index (χ3n) is 3.77. The molecule has 0 saturated carbocycles. The van der Waals surface area contributed by atoms with Gasteiger partial charge in [0.05, 0.1) is 21.3 Å². The first kappa shape index (κ1) is 19.9. The average Bonchev–Trinajstić information content (AvgIpc) is 2.63. The van der Waals surface area contributed by atoms with Gasteiger partial charge in [-0.15, -0.1) is 0 Å². The van der Waals surface area contributed by atoms with Crippen LogP contribution in [0.25, 0.3) is 0 Å². The minimum absolute atomic E-state index is 0.219. The molecule has 0 saturated heterocycles. The summed E-state index contributed by atoms with van der Waals surface area (Å²) in [5.74, 6) is -0.758. The lowest BCUT2D eigenvalue weighted by molar-refractivity contribution is 0.102. The number of rotatable bonds is 4. The fraction of sp³-hybridized carbons (Fsp3) is 0. The molecule has 3 aromatic carbocycles. The maximum Gasteiger partial charge on any atom is 0.257 e. The molecule has 0 bridgehead atoms. The molecular formula is C20H11BrCl3NO2. The Hall–Kier alpha value is -1.85. The molecule has 0 aromatic heterocycles. The lowest BCUT2D eigenvalue weighted by atomic mass is 10.0. The van der Waals surface area contributed by atoms with E-state index in [0.29, 0.717) is 31.3 Å². The van der Waals surface area contributed by atoms with Crippen LogP contribution in [-0.2, 0) is 0 Å². The molecule has 0 aliphatic rings. The van der Waals surface area contributed by atoms with Crippen molar-refractivity contribution in [3.05, 3.63) is 96.9 Å². The van der Waals surface area contributed by atoms with E-state index in [4.69, 9.17) is 34.8 Å². The van der Waals surface area contributed by atoms with Crippen molar-refractivity contribution in [2.24, 2.45) is 0 Å². The predicted molar refractivity (Wildman–Crippen MR) is 113 cm³/mol. The summed E-state index contributed by atoms with van der Waals surface area (Å²) in [4.78, 5) is 25.6. The van der Waals surface area contributed by atoms with Crippen molar-refractivity contribution in [3.63, 3.8) is 0 Å². The molecule has 0 heterocycles. The third kappa shape index (κ3) is 4.53. The quantitative estimate of drug-likeness (QED) is 0.411. The summed E-state index contributed by atoms with van der Waals surface area (Å²) in [5.41, 5.74) is 1.24. The van der Waals surface area contributed by atoms with Crippen LogP contribution in [0.1, 0.15) is 26.3 Å². The molecule has 136 valence electrons. The van der Waals surface area contributed by atoms with Crippen molar-refractivity contribution in [1.82, 2.24) is 0 Å². The predicted octanol–water partition coefficient (Wildman–Crippen LogP) is 6.89. The fourth-order valence-electron chi connectivity index (χ4n) is 2.47. The molecule has 1 amide bonds. The molecule has 0 atom stereocenters. The topological polar surface area (TPSA) is 46.2 Å². The monoisotopic (exact) mass is 481 g/mol. The van der Waals surface area contributed by atoms with Gasteiger partial charge in [0, 0.05) is 20.6 Å². The lowest BCUT2D eigenvalue weighted by Crippen LogP contribution is -2.16. The van der Waals surface area contributed by atoms with E-state index in [0.717, 1.165) is 0 Å². The Morgan fingerprint density at radius 3 is 2.22 bits per heavy atom. The number of amides is 1. The summed E-state index contributed by atoms with van der Waals surface area (Å²) in [6, 6.07) is 16.3. The molecule has 7 heteroatoms. The van der Waals surface area contributed by atoms with Crippen LogP contribution >= 0.6 is 50.7 Å². The number of benzene rings is 3. The van der Waals surface area contributed by atoms with E-state index >= 15 is 0 Å². The zero-order valence-electron chi connectivity index (χ0n) is 13.6. The first-order valence-electron chi connectivity index (χ1n) is 7.72. The third-order valence-corrected chi connectivity index (χ3v) is 5.14. The first-order valence-corrected chi connectivity index (χ1v) is 9.64. The van der Waals surface area contributed by atoms with Gasteiger partial charge in [0.2, 0.25) is 0 Å². The molecule has 0 aliphatic carbocycles. The van der Waals surface area contributed by atoms with E-state index in [1.165, 1.54) is 12.1 Å². The summed E-state index contributed by atoms with van der Waals surface area (Å²) in [6.45, 7) is 0. The van der Waals surface area contributed by atoms with Crippen LogP contribution < -0.4 is 5.32 Å². The Balaban J connectivity index is 1.98. The highest BCUT2D eigenvalue weighted by Gasteiger charge is 2.19. The van der Waals surface area contributed by atoms with E-state index < -0.39 is 5.91 Å². The molecular weight excluding hydrogens is 472 g/mol. The van der Waals surface area contributed by atoms with E-state index in [-0.39, 0.29) is 16.4 Å². The molecule has 3 nitrogen and oxygen atoms in total. The standard InChI is InChI=1S/C20H11BrCl3NO2/c21-11-5-8-18(25-20(27)14-7-6-12(22)10-17(14)24)15(9-11)19(26)13-3-1-2-4-16(13)23/h1-10H,(H,25,27). The maximum absolute atomic E-state index is 13.0. The normalized spacial score (nSPS) is 10.5. The number of ketones is 1. The highest BCUT2D eigenvalue weighted by Crippen LogP contribution is 2.28. The molecule has 1 N–H and O–H groups in total. The van der Waals surface area contributed by atoms with E-state index in [1.54, 1.807) is 48.5 Å². The van der Waals surface area contributed by atoms with Crippen molar-refractivity contribution in [3.8, 4) is 0 Å². The first-order chi connectivity index (χ1) is 12.9. The summed E-state index contributed by atoms with van der Waals surface area (Å²) in [7, 11) is 0. The van der Waals surface area contributed by atoms with E-state index in [2.05, 4.69) is 21.2 Å². The van der Waals surface area contributed by atoms with Crippen molar-refractivity contribution in [2.45, 2.75) is 0 Å². The number of hydrogen-bond donors (Lipinski definition) is 1. The van der Waals surface area contributed by atoms with Gasteiger partial charge in [-0.25, -0.2) is 0 Å². The van der Waals surface area contributed by atoms with Gasteiger partial charge in [0.15, 0.2) is 5.78 Å². The van der Waals surface area contributed by atoms with Gasteiger partial charge in [0.1, 0.15) is 0 Å². The summed E-state index contributed by atoms with van der Waals surface area (Å²) >= 11 is 21.5. The summed E-state index contributed by atoms with van der Waals surface area (Å²) in [5, 5.41) is 3.71. The fourth-order valence-corrected chi connectivity index (χ4v) is 3.54. The van der Waals surface area contributed by atoms with E-state index in [9.17, 15) is 9.59 Å². The molecule has 3 aromatic rings. The maximum atomic E-state index is 13.0. The number of anilines is 1. The minimum atomic E-state index is -0.452. The van der Waals surface area contributed by atoms with Gasteiger partial charge in [-0.05, 0) is 48.5 Å². The molecule has 0 spiro atoms. The van der Waals surface area contributed by atoms with Gasteiger partial charge >= 0.3 is 0 Å². The Labute approximate surface area is 179 Å². The Bertz CT molecular complexity index is 1050. The highest BCUT2D eigenvalue weighted by molar-refractivity contribution is 9.10. The van der Waals surface area contributed by atoms with Gasteiger partial charge < -0.3 is 5.32 Å². The minimum Gasteiger partial charge on any atom is -0.321 e. The van der Waals surface area contributed by atoms with Crippen LogP contribution in [-0.4, -0.2) is 11.7 Å². The molecule has 3 rings (SSSR count). The van der Waals surface area contributed by atoms with Crippen molar-refractivity contribution in [2.75, 3.05) is 5.32 Å². The zero-order valence-corrected chi connectivity index (χ0v) is 17.5. The number of halogens is 4.